The number of carbonyl (C=O) groups is 1. The highest BCUT2D eigenvalue weighted by atomic mass is 35.5. The van der Waals surface area contributed by atoms with E-state index in [9.17, 15) is 14.9 Å². The Bertz CT molecular complexity index is 563. The summed E-state index contributed by atoms with van der Waals surface area (Å²) in [5, 5.41) is 10.7. The average Bonchev–Trinajstić information content (AvgIpc) is 2.38. The van der Waals surface area contributed by atoms with E-state index in [0.29, 0.717) is 5.69 Å². The Labute approximate surface area is 126 Å². The number of benzene rings is 1. The maximum Gasteiger partial charge on any atom is 0.294 e. The molecule has 1 aromatic carbocycles. The fourth-order valence-electron chi connectivity index (χ4n) is 2.55. The third kappa shape index (κ3) is 2.88. The van der Waals surface area contributed by atoms with Gasteiger partial charge in [-0.3, -0.25) is 14.9 Å². The monoisotopic (exact) mass is 316 g/mol. The largest absolute Gasteiger partial charge is 0.362 e. The zero-order valence-corrected chi connectivity index (χ0v) is 12.4. The van der Waals surface area contributed by atoms with Crippen LogP contribution < -0.4 is 4.90 Å². The second-order valence-corrected chi connectivity index (χ2v) is 5.65. The van der Waals surface area contributed by atoms with E-state index in [0.717, 1.165) is 25.8 Å². The van der Waals surface area contributed by atoms with Crippen molar-refractivity contribution in [3.63, 3.8) is 0 Å². The van der Waals surface area contributed by atoms with Crippen LogP contribution in [0.2, 0.25) is 5.02 Å². The quantitative estimate of drug-likeness (QED) is 0.480. The summed E-state index contributed by atoms with van der Waals surface area (Å²) in [6.07, 6.45) is 3.03. The van der Waals surface area contributed by atoms with Gasteiger partial charge in [-0.15, -0.1) is 0 Å². The molecule has 20 heavy (non-hydrogen) atoms. The van der Waals surface area contributed by atoms with Crippen LogP contribution in [0.1, 0.15) is 36.5 Å². The molecule has 1 heterocycles. The van der Waals surface area contributed by atoms with E-state index in [1.165, 1.54) is 12.1 Å². The molecule has 2 rings (SSSR count). The number of carbonyl (C=O) groups excluding carboxylic acids is 1. The summed E-state index contributed by atoms with van der Waals surface area (Å²) < 4.78 is 0. The van der Waals surface area contributed by atoms with Crippen molar-refractivity contribution in [3.8, 4) is 0 Å². The van der Waals surface area contributed by atoms with Gasteiger partial charge in [0.25, 0.3) is 10.9 Å². The smallest absolute Gasteiger partial charge is 0.294 e. The molecule has 0 unspecified atom stereocenters. The van der Waals surface area contributed by atoms with Crippen LogP contribution in [0, 0.1) is 10.1 Å². The average molecular weight is 317 g/mol. The van der Waals surface area contributed by atoms with Gasteiger partial charge in [-0.25, -0.2) is 0 Å². The van der Waals surface area contributed by atoms with E-state index in [2.05, 4.69) is 0 Å². The number of nitro groups is 1. The highest BCUT2D eigenvalue weighted by Gasteiger charge is 2.29. The summed E-state index contributed by atoms with van der Waals surface area (Å²) in [4.78, 5) is 23.9. The molecule has 1 aliphatic heterocycles. The molecule has 1 aliphatic rings. The lowest BCUT2D eigenvalue weighted by Gasteiger charge is -2.35. The van der Waals surface area contributed by atoms with E-state index in [1.54, 1.807) is 0 Å². The van der Waals surface area contributed by atoms with E-state index in [1.807, 2.05) is 11.8 Å². The molecule has 1 atom stereocenters. The highest BCUT2D eigenvalue weighted by Crippen LogP contribution is 2.40. The standard InChI is InChI=1S/C13H14Cl2N2O3/c1-8-4-2-3-5-16(8)12-10(14)6-9(13(15)18)7-11(12)17(19)20/h6-8H,2-5H2,1H3/t8-/m1/s1. The third-order valence-corrected chi connectivity index (χ3v) is 4.06. The Morgan fingerprint density at radius 2 is 2.15 bits per heavy atom. The van der Waals surface area contributed by atoms with Crippen molar-refractivity contribution in [1.29, 1.82) is 0 Å². The number of anilines is 1. The highest BCUT2D eigenvalue weighted by molar-refractivity contribution is 6.67. The molecule has 1 saturated heterocycles. The Morgan fingerprint density at radius 1 is 1.45 bits per heavy atom. The topological polar surface area (TPSA) is 63.5 Å². The number of nitro benzene ring substituents is 1. The first-order valence-electron chi connectivity index (χ1n) is 6.36. The first-order valence-corrected chi connectivity index (χ1v) is 7.12. The molecule has 0 aromatic heterocycles. The van der Waals surface area contributed by atoms with Crippen LogP contribution >= 0.6 is 23.2 Å². The van der Waals surface area contributed by atoms with E-state index in [4.69, 9.17) is 23.2 Å². The summed E-state index contributed by atoms with van der Waals surface area (Å²) in [5.41, 5.74) is 0.248. The van der Waals surface area contributed by atoms with Crippen LogP contribution in [0.15, 0.2) is 12.1 Å². The van der Waals surface area contributed by atoms with E-state index in [-0.39, 0.29) is 22.3 Å². The Morgan fingerprint density at radius 3 is 2.70 bits per heavy atom. The van der Waals surface area contributed by atoms with Gasteiger partial charge >= 0.3 is 0 Å². The lowest BCUT2D eigenvalue weighted by atomic mass is 10.0. The predicted octanol–water partition coefficient (Wildman–Crippen LogP) is 4.01. The van der Waals surface area contributed by atoms with Gasteiger partial charge in [0.05, 0.1) is 9.95 Å². The number of rotatable bonds is 3. The zero-order chi connectivity index (χ0) is 14.9. The van der Waals surface area contributed by atoms with E-state index < -0.39 is 10.2 Å². The summed E-state index contributed by atoms with van der Waals surface area (Å²) in [5.74, 6) is 0. The van der Waals surface area contributed by atoms with Crippen LogP contribution in [-0.4, -0.2) is 22.8 Å². The van der Waals surface area contributed by atoms with Crippen molar-refractivity contribution >= 4 is 39.8 Å². The number of nitrogens with zero attached hydrogens (tertiary/aromatic N) is 2. The van der Waals surface area contributed by atoms with Gasteiger partial charge in [0, 0.05) is 24.2 Å². The van der Waals surface area contributed by atoms with Gasteiger partial charge in [0.2, 0.25) is 0 Å². The van der Waals surface area contributed by atoms with Crippen molar-refractivity contribution in [2.24, 2.45) is 0 Å². The molecule has 0 bridgehead atoms. The molecule has 0 spiro atoms. The summed E-state index contributed by atoms with van der Waals surface area (Å²) in [6, 6.07) is 2.76. The van der Waals surface area contributed by atoms with Crippen LogP contribution in [0.25, 0.3) is 0 Å². The van der Waals surface area contributed by atoms with Gasteiger partial charge in [-0.1, -0.05) is 11.6 Å². The molecule has 7 heteroatoms. The predicted molar refractivity (Wildman–Crippen MR) is 78.9 cm³/mol. The van der Waals surface area contributed by atoms with Crippen LogP contribution in [0.3, 0.4) is 0 Å². The van der Waals surface area contributed by atoms with Crippen molar-refractivity contribution in [2.75, 3.05) is 11.4 Å². The maximum absolute atomic E-state index is 11.3. The van der Waals surface area contributed by atoms with Gasteiger partial charge in [0.1, 0.15) is 5.69 Å². The molecule has 108 valence electrons. The minimum Gasteiger partial charge on any atom is -0.362 e. The maximum atomic E-state index is 11.3. The minimum absolute atomic E-state index is 0.0387. The molecule has 0 radical (unpaired) electrons. The molecule has 5 nitrogen and oxygen atoms in total. The Hall–Kier alpha value is -1.33. The second-order valence-electron chi connectivity index (χ2n) is 4.89. The normalized spacial score (nSPS) is 18.9. The van der Waals surface area contributed by atoms with Gasteiger partial charge in [-0.05, 0) is 43.9 Å². The number of hydrogen-bond donors (Lipinski definition) is 0. The van der Waals surface area contributed by atoms with Crippen molar-refractivity contribution in [2.45, 2.75) is 32.2 Å². The van der Waals surface area contributed by atoms with Crippen LogP contribution in [-0.2, 0) is 0 Å². The number of piperidine rings is 1. The molecule has 0 aliphatic carbocycles. The number of hydrogen-bond acceptors (Lipinski definition) is 4. The van der Waals surface area contributed by atoms with Gasteiger partial charge in [-0.2, -0.15) is 0 Å². The summed E-state index contributed by atoms with van der Waals surface area (Å²) in [7, 11) is 0. The zero-order valence-electron chi connectivity index (χ0n) is 10.9. The minimum atomic E-state index is -0.756. The first-order chi connectivity index (χ1) is 9.41. The molecule has 0 amide bonds. The molecular weight excluding hydrogens is 303 g/mol. The lowest BCUT2D eigenvalue weighted by molar-refractivity contribution is -0.384. The van der Waals surface area contributed by atoms with E-state index >= 15 is 0 Å². The van der Waals surface area contributed by atoms with Crippen LogP contribution in [0.5, 0.6) is 0 Å². The van der Waals surface area contributed by atoms with Gasteiger partial charge in [0.15, 0.2) is 0 Å². The molecular formula is C13H14Cl2N2O3. The molecule has 1 aromatic rings. The summed E-state index contributed by atoms with van der Waals surface area (Å²) in [6.45, 7) is 2.73. The van der Waals surface area contributed by atoms with Crippen molar-refractivity contribution in [1.82, 2.24) is 0 Å². The Balaban J connectivity index is 2.56. The molecule has 0 saturated carbocycles. The summed E-state index contributed by atoms with van der Waals surface area (Å²) >= 11 is 11.5. The fourth-order valence-corrected chi connectivity index (χ4v) is 2.98. The fraction of sp³-hybridized carbons (Fsp3) is 0.462. The van der Waals surface area contributed by atoms with Crippen molar-refractivity contribution < 1.29 is 9.72 Å². The molecule has 1 fully saturated rings. The molecule has 0 N–H and O–H groups in total. The lowest BCUT2D eigenvalue weighted by Crippen LogP contribution is -2.38. The SMILES string of the molecule is C[C@@H]1CCCCN1c1c(Cl)cc(C(=O)Cl)cc1[N+](=O)[O-]. The van der Waals surface area contributed by atoms with Crippen LogP contribution in [0.4, 0.5) is 11.4 Å². The Kier molecular flexibility index (Phi) is 4.50. The third-order valence-electron chi connectivity index (χ3n) is 3.56. The first kappa shape index (κ1) is 15.1. The van der Waals surface area contributed by atoms with Gasteiger partial charge < -0.3 is 4.90 Å². The van der Waals surface area contributed by atoms with Crippen molar-refractivity contribution in [3.05, 3.63) is 32.8 Å². The number of halogens is 2. The second kappa shape index (κ2) is 5.97.